The SMILES string of the molecule is Cc1cc2c(c3oc(C4(C)OC4C4OC4(C)C)cc(=O)c13)C(=O)c1c(O)c(C3CC(C)(N(C)C)C(O)C(C)(O)O3)cc([C@H]3C[C@H](N(C)C)[C@@H](O)[C@@H](C)O3)c1C2=O. The van der Waals surface area contributed by atoms with Gasteiger partial charge in [0.15, 0.2) is 22.6 Å². The number of aromatic hydroxyl groups is 1. The third-order valence-corrected chi connectivity index (χ3v) is 13.3. The predicted octanol–water partition coefficient (Wildman–Crippen LogP) is 3.37. The van der Waals surface area contributed by atoms with Crippen molar-refractivity contribution in [2.24, 2.45) is 0 Å². The van der Waals surface area contributed by atoms with E-state index >= 15 is 9.59 Å². The van der Waals surface area contributed by atoms with Crippen LogP contribution in [0.2, 0.25) is 0 Å². The van der Waals surface area contributed by atoms with Crippen molar-refractivity contribution in [2.75, 3.05) is 28.2 Å². The van der Waals surface area contributed by atoms with Crippen molar-refractivity contribution in [1.29, 1.82) is 0 Å². The van der Waals surface area contributed by atoms with Crippen molar-refractivity contribution in [3.63, 3.8) is 0 Å². The number of ether oxygens (including phenoxy) is 4. The lowest BCUT2D eigenvalue weighted by molar-refractivity contribution is -0.322. The molecule has 11 atom stereocenters. The van der Waals surface area contributed by atoms with Crippen LogP contribution in [-0.4, -0.2) is 123 Å². The molecule has 4 fully saturated rings. The first-order valence-corrected chi connectivity index (χ1v) is 19.2. The van der Waals surface area contributed by atoms with Crippen LogP contribution >= 0.6 is 0 Å². The molecule has 5 heterocycles. The van der Waals surface area contributed by atoms with Crippen LogP contribution in [0.15, 0.2) is 27.4 Å². The number of epoxide rings is 2. The van der Waals surface area contributed by atoms with Gasteiger partial charge in [0.05, 0.1) is 52.1 Å². The van der Waals surface area contributed by atoms with Gasteiger partial charge in [-0.2, -0.15) is 0 Å². The van der Waals surface area contributed by atoms with E-state index in [1.807, 2.05) is 32.8 Å². The minimum atomic E-state index is -2.08. The van der Waals surface area contributed by atoms with Gasteiger partial charge in [0.2, 0.25) is 5.78 Å². The van der Waals surface area contributed by atoms with Crippen LogP contribution in [0.1, 0.15) is 121 Å². The number of carbonyl (C=O) groups is 2. The Morgan fingerprint density at radius 3 is 2.09 bits per heavy atom. The lowest BCUT2D eigenvalue weighted by atomic mass is 9.74. The van der Waals surface area contributed by atoms with E-state index in [9.17, 15) is 25.2 Å². The second-order valence-electron chi connectivity index (χ2n) is 18.0. The molecule has 1 aromatic heterocycles. The molecular weight excluding hydrogens is 724 g/mol. The van der Waals surface area contributed by atoms with Gasteiger partial charge in [0.25, 0.3) is 0 Å². The number of aryl methyl sites for hydroxylation is 1. The number of aliphatic hydroxyl groups is 3. The highest BCUT2D eigenvalue weighted by molar-refractivity contribution is 6.33. The summed E-state index contributed by atoms with van der Waals surface area (Å²) >= 11 is 0. The van der Waals surface area contributed by atoms with Gasteiger partial charge in [-0.05, 0) is 113 Å². The monoisotopic (exact) mass is 776 g/mol. The average molecular weight is 777 g/mol. The van der Waals surface area contributed by atoms with Gasteiger partial charge in [-0.25, -0.2) is 0 Å². The Labute approximate surface area is 324 Å². The zero-order valence-electron chi connectivity index (χ0n) is 33.7. The van der Waals surface area contributed by atoms with Crippen LogP contribution in [0.5, 0.6) is 5.75 Å². The molecule has 1 aliphatic carbocycles. The van der Waals surface area contributed by atoms with Gasteiger partial charge < -0.3 is 53.6 Å². The molecule has 0 bridgehead atoms. The third-order valence-electron chi connectivity index (χ3n) is 13.3. The number of hydrogen-bond acceptors (Lipinski definition) is 14. The molecule has 14 heteroatoms. The zero-order valence-corrected chi connectivity index (χ0v) is 33.7. The molecule has 8 rings (SSSR count). The number of fused-ring (bicyclic) bond motifs is 4. The molecule has 3 aromatic rings. The van der Waals surface area contributed by atoms with Crippen LogP contribution in [-0.2, 0) is 24.5 Å². The summed E-state index contributed by atoms with van der Waals surface area (Å²) in [7, 11) is 7.18. The molecule has 4 saturated heterocycles. The van der Waals surface area contributed by atoms with E-state index in [1.54, 1.807) is 52.8 Å². The van der Waals surface area contributed by atoms with Crippen LogP contribution in [0, 0.1) is 6.92 Å². The normalized spacial score (nSPS) is 37.6. The van der Waals surface area contributed by atoms with E-state index in [4.69, 9.17) is 23.4 Å². The van der Waals surface area contributed by atoms with Crippen molar-refractivity contribution >= 4 is 22.5 Å². The van der Waals surface area contributed by atoms with Crippen molar-refractivity contribution in [1.82, 2.24) is 9.80 Å². The first kappa shape index (κ1) is 39.3. The summed E-state index contributed by atoms with van der Waals surface area (Å²) in [5, 5.41) is 46.2. The Morgan fingerprint density at radius 2 is 1.48 bits per heavy atom. The minimum absolute atomic E-state index is 0.000477. The largest absolute Gasteiger partial charge is 0.507 e. The van der Waals surface area contributed by atoms with E-state index in [0.717, 1.165) is 0 Å². The third kappa shape index (κ3) is 5.59. The second-order valence-corrected chi connectivity index (χ2v) is 18.0. The van der Waals surface area contributed by atoms with Gasteiger partial charge in [-0.15, -0.1) is 0 Å². The number of carbonyl (C=O) groups excluding carboxylic acids is 2. The molecule has 0 spiro atoms. The Hall–Kier alpha value is -3.57. The van der Waals surface area contributed by atoms with E-state index in [1.165, 1.54) is 19.1 Å². The van der Waals surface area contributed by atoms with Crippen molar-refractivity contribution in [3.8, 4) is 5.75 Å². The number of hydrogen-bond donors (Lipinski definition) is 4. The molecule has 56 heavy (non-hydrogen) atoms. The summed E-state index contributed by atoms with van der Waals surface area (Å²) < 4.78 is 30.9. The number of phenols is 1. The van der Waals surface area contributed by atoms with Gasteiger partial charge in [-0.1, -0.05) is 0 Å². The Bertz CT molecular complexity index is 2260. The fourth-order valence-electron chi connectivity index (χ4n) is 9.46. The van der Waals surface area contributed by atoms with Crippen molar-refractivity contribution < 1.29 is 53.4 Å². The Kier molecular flexibility index (Phi) is 8.74. The number of likely N-dealkylation sites (N-methyl/N-ethyl adjacent to an activating group) is 2. The van der Waals surface area contributed by atoms with Gasteiger partial charge >= 0.3 is 0 Å². The molecule has 2 aromatic carbocycles. The van der Waals surface area contributed by atoms with Gasteiger partial charge in [-0.3, -0.25) is 14.4 Å². The molecule has 7 unspecified atom stereocenters. The summed E-state index contributed by atoms with van der Waals surface area (Å²) in [6.45, 7) is 12.2. The molecule has 302 valence electrons. The predicted molar refractivity (Wildman–Crippen MR) is 202 cm³/mol. The van der Waals surface area contributed by atoms with Crippen LogP contribution in [0.25, 0.3) is 11.0 Å². The lowest BCUT2D eigenvalue weighted by Crippen LogP contribution is -2.65. The molecule has 0 saturated carbocycles. The van der Waals surface area contributed by atoms with Crippen molar-refractivity contribution in [3.05, 3.63) is 73.1 Å². The maximum Gasteiger partial charge on any atom is 0.202 e. The average Bonchev–Trinajstić information content (AvgIpc) is 3.98. The summed E-state index contributed by atoms with van der Waals surface area (Å²) in [4.78, 5) is 47.7. The van der Waals surface area contributed by atoms with Crippen molar-refractivity contribution in [2.45, 2.75) is 133 Å². The van der Waals surface area contributed by atoms with Gasteiger partial charge in [0, 0.05) is 28.8 Å². The molecule has 4 N–H and O–H groups in total. The molecule has 5 aliphatic rings. The number of ketones is 2. The van der Waals surface area contributed by atoms with Crippen LogP contribution < -0.4 is 5.43 Å². The van der Waals surface area contributed by atoms with E-state index < -0.39 is 87.9 Å². The highest BCUT2D eigenvalue weighted by atomic mass is 16.7. The highest BCUT2D eigenvalue weighted by Gasteiger charge is 2.70. The van der Waals surface area contributed by atoms with Crippen LogP contribution in [0.4, 0.5) is 0 Å². The topological polar surface area (TPSA) is 195 Å². The summed E-state index contributed by atoms with van der Waals surface area (Å²) in [5.74, 6) is -3.78. The molecule has 0 radical (unpaired) electrons. The van der Waals surface area contributed by atoms with E-state index in [0.29, 0.717) is 11.1 Å². The summed E-state index contributed by atoms with van der Waals surface area (Å²) in [6.07, 6.45) is -5.11. The fraction of sp³-hybridized carbons (Fsp3) is 0.595. The molecule has 14 nitrogen and oxygen atoms in total. The minimum Gasteiger partial charge on any atom is -0.507 e. The highest BCUT2D eigenvalue weighted by Crippen LogP contribution is 2.57. The van der Waals surface area contributed by atoms with Gasteiger partial charge in [0.1, 0.15) is 35.4 Å². The standard InChI is InChI=1S/C42H52N2O12/c1-17-12-21-29(35-27(17)23(45)15-26(53-35)41(6)37(56-41)36-39(3,4)55-36)34(49)30-28(33(21)48)19(24-14-22(43(8)9)31(46)18(2)52-24)13-20(32(30)47)25-16-40(5,44(10)11)38(50)42(7,51)54-25/h12-13,15,18,22,24-25,31,36-38,46-47,50-51H,14,16H2,1-11H3/t18-,22+,24-,25?,31+,36?,37?,38?,40?,41?,42?/m1/s1. The molecular formula is C42H52N2O12. The Balaban J connectivity index is 1.35. The lowest BCUT2D eigenvalue weighted by Gasteiger charge is -2.52. The fourth-order valence-corrected chi connectivity index (χ4v) is 9.46. The second kappa shape index (κ2) is 12.5. The van der Waals surface area contributed by atoms with Crippen LogP contribution in [0.3, 0.4) is 0 Å². The van der Waals surface area contributed by atoms with E-state index in [-0.39, 0.29) is 63.5 Å². The smallest absolute Gasteiger partial charge is 0.202 e. The number of phenolic OH excluding ortho intramolecular Hbond substituents is 1. The zero-order chi connectivity index (χ0) is 40.9. The van der Waals surface area contributed by atoms with E-state index in [2.05, 4.69) is 0 Å². The first-order valence-electron chi connectivity index (χ1n) is 19.2. The first-order chi connectivity index (χ1) is 25.9. The number of aliphatic hydroxyl groups excluding tert-OH is 2. The molecule has 0 amide bonds. The molecule has 4 aliphatic heterocycles. The Morgan fingerprint density at radius 1 is 0.821 bits per heavy atom. The number of rotatable bonds is 6. The number of benzene rings is 2. The maximum absolute atomic E-state index is 15.2. The quantitative estimate of drug-likeness (QED) is 0.208. The number of nitrogens with zero attached hydrogens (tertiary/aromatic N) is 2. The summed E-state index contributed by atoms with van der Waals surface area (Å²) in [6, 6.07) is 4.05. The summed E-state index contributed by atoms with van der Waals surface area (Å²) in [5.41, 5.74) is -2.76. The maximum atomic E-state index is 15.2.